The van der Waals surface area contributed by atoms with Gasteiger partial charge in [-0.2, -0.15) is 5.26 Å². The Morgan fingerprint density at radius 2 is 1.93 bits per heavy atom. The zero-order valence-corrected chi connectivity index (χ0v) is 16.2. The molecule has 0 radical (unpaired) electrons. The minimum Gasteiger partial charge on any atom is -0.467 e. The molecule has 29 heavy (non-hydrogen) atoms. The molecule has 1 aliphatic heterocycles. The highest BCUT2D eigenvalue weighted by Gasteiger charge is 2.19. The Morgan fingerprint density at radius 3 is 2.55 bits per heavy atom. The van der Waals surface area contributed by atoms with Crippen molar-refractivity contribution in [1.82, 2.24) is 5.32 Å². The summed E-state index contributed by atoms with van der Waals surface area (Å²) in [6.45, 7) is 4.03. The summed E-state index contributed by atoms with van der Waals surface area (Å²) in [5.41, 5.74) is 5.79. The average molecular weight is 383 g/mol. The monoisotopic (exact) mass is 383 g/mol. The van der Waals surface area contributed by atoms with Gasteiger partial charge < -0.3 is 14.6 Å². The number of carbonyl (C=O) groups is 1. The maximum Gasteiger partial charge on any atom is 0.262 e. The van der Waals surface area contributed by atoms with Gasteiger partial charge >= 0.3 is 0 Å². The Hall–Kier alpha value is -3.78. The number of rotatable bonds is 5. The Morgan fingerprint density at radius 1 is 1.17 bits per heavy atom. The molecule has 2 aromatic carbocycles. The highest BCUT2D eigenvalue weighted by atomic mass is 16.3. The molecule has 0 fully saturated rings. The van der Waals surface area contributed by atoms with Gasteiger partial charge in [0.15, 0.2) is 0 Å². The maximum absolute atomic E-state index is 12.3. The fourth-order valence-electron chi connectivity index (χ4n) is 3.51. The average Bonchev–Trinajstić information content (AvgIpc) is 3.40. The van der Waals surface area contributed by atoms with E-state index in [9.17, 15) is 10.1 Å². The zero-order valence-electron chi connectivity index (χ0n) is 16.2. The third-order valence-corrected chi connectivity index (χ3v) is 5.13. The van der Waals surface area contributed by atoms with Gasteiger partial charge in [-0.3, -0.25) is 4.79 Å². The number of nitriles is 1. The first kappa shape index (κ1) is 18.6. The molecule has 0 bridgehead atoms. The van der Waals surface area contributed by atoms with E-state index in [0.29, 0.717) is 5.76 Å². The summed E-state index contributed by atoms with van der Waals surface area (Å²) in [6.07, 6.45) is 3.18. The Balaban J connectivity index is 1.48. The van der Waals surface area contributed by atoms with Crippen molar-refractivity contribution in [3.63, 3.8) is 0 Å². The summed E-state index contributed by atoms with van der Waals surface area (Å²) < 4.78 is 5.20. The first-order valence-corrected chi connectivity index (χ1v) is 9.49. The quantitative estimate of drug-likeness (QED) is 0.526. The number of aryl methyl sites for hydroxylation is 1. The number of fused-ring (bicyclic) bond motifs is 1. The molecule has 4 rings (SSSR count). The van der Waals surface area contributed by atoms with E-state index in [1.54, 1.807) is 24.5 Å². The Labute approximate surface area is 169 Å². The van der Waals surface area contributed by atoms with Gasteiger partial charge in [-0.25, -0.2) is 0 Å². The number of hydrogen-bond acceptors (Lipinski definition) is 4. The number of carbonyl (C=O) groups excluding carboxylic acids is 1. The van der Waals surface area contributed by atoms with Crippen molar-refractivity contribution < 1.29 is 9.21 Å². The van der Waals surface area contributed by atoms with Gasteiger partial charge in [0.1, 0.15) is 17.4 Å². The van der Waals surface area contributed by atoms with E-state index >= 15 is 0 Å². The van der Waals surface area contributed by atoms with Crippen LogP contribution >= 0.6 is 0 Å². The number of hydrogen-bond donors (Lipinski definition) is 1. The van der Waals surface area contributed by atoms with E-state index in [1.807, 2.05) is 25.1 Å². The summed E-state index contributed by atoms with van der Waals surface area (Å²) >= 11 is 0. The number of nitrogens with one attached hydrogen (secondary N) is 1. The number of benzene rings is 2. The molecule has 3 aromatic rings. The second-order valence-electron chi connectivity index (χ2n) is 7.10. The molecular formula is C24H21N3O2. The van der Waals surface area contributed by atoms with Crippen molar-refractivity contribution >= 4 is 17.7 Å². The van der Waals surface area contributed by atoms with Crippen LogP contribution in [0.15, 0.2) is 70.9 Å². The van der Waals surface area contributed by atoms with Crippen molar-refractivity contribution in [1.29, 1.82) is 5.26 Å². The normalized spacial score (nSPS) is 13.1. The number of nitrogens with zero attached hydrogens (tertiary/aromatic N) is 2. The van der Waals surface area contributed by atoms with Gasteiger partial charge in [-0.15, -0.1) is 0 Å². The predicted octanol–water partition coefficient (Wildman–Crippen LogP) is 4.33. The van der Waals surface area contributed by atoms with Crippen LogP contribution in [0.3, 0.4) is 0 Å². The van der Waals surface area contributed by atoms with E-state index in [0.717, 1.165) is 29.9 Å². The van der Waals surface area contributed by atoms with Crippen molar-refractivity contribution in [3.8, 4) is 6.07 Å². The third-order valence-electron chi connectivity index (χ3n) is 5.13. The summed E-state index contributed by atoms with van der Waals surface area (Å²) in [5, 5.41) is 12.1. The molecule has 0 saturated carbocycles. The van der Waals surface area contributed by atoms with Crippen LogP contribution in [-0.2, 0) is 24.4 Å². The lowest BCUT2D eigenvalue weighted by Gasteiger charge is -2.19. The van der Waals surface area contributed by atoms with Crippen molar-refractivity contribution in [2.24, 2.45) is 0 Å². The molecular weight excluding hydrogens is 362 g/mol. The van der Waals surface area contributed by atoms with E-state index in [-0.39, 0.29) is 12.1 Å². The standard InChI is InChI=1S/C24H21N3O2/c1-17-11-22(27-15-19-5-2-3-6-20(19)16-27)9-8-18(17)12-21(13-25)24(28)26-14-23-7-4-10-29-23/h2-12H,14-16H2,1H3,(H,26,28)/b21-12+. The van der Waals surface area contributed by atoms with Gasteiger partial charge in [0.2, 0.25) is 0 Å². The SMILES string of the molecule is Cc1cc(N2Cc3ccccc3C2)ccc1/C=C(\C#N)C(=O)NCc1ccco1. The molecule has 0 aliphatic carbocycles. The topological polar surface area (TPSA) is 69.3 Å². The van der Waals surface area contributed by atoms with Crippen LogP contribution in [0.1, 0.15) is 28.0 Å². The Bertz CT molecular complexity index is 1080. The largest absolute Gasteiger partial charge is 0.467 e. The van der Waals surface area contributed by atoms with Crippen molar-refractivity contribution in [2.45, 2.75) is 26.6 Å². The van der Waals surface area contributed by atoms with Crippen LogP contribution in [0.25, 0.3) is 6.08 Å². The highest BCUT2D eigenvalue weighted by molar-refractivity contribution is 6.01. The van der Waals surface area contributed by atoms with Crippen LogP contribution in [-0.4, -0.2) is 5.91 Å². The molecule has 2 heterocycles. The van der Waals surface area contributed by atoms with Crippen molar-refractivity contribution in [3.05, 3.63) is 94.4 Å². The van der Waals surface area contributed by atoms with E-state index in [2.05, 4.69) is 40.5 Å². The molecule has 1 N–H and O–H groups in total. The van der Waals surface area contributed by atoms with Crippen LogP contribution in [0.5, 0.6) is 0 Å². The van der Waals surface area contributed by atoms with E-state index in [4.69, 9.17) is 4.42 Å². The molecule has 0 spiro atoms. The minimum atomic E-state index is -0.414. The number of anilines is 1. The Kier molecular flexibility index (Phi) is 5.17. The summed E-state index contributed by atoms with van der Waals surface area (Å²) in [6, 6.07) is 20.1. The fraction of sp³-hybridized carbons (Fsp3) is 0.167. The third kappa shape index (κ3) is 4.07. The van der Waals surface area contributed by atoms with E-state index < -0.39 is 5.91 Å². The fourth-order valence-corrected chi connectivity index (χ4v) is 3.51. The molecule has 0 saturated heterocycles. The molecule has 5 nitrogen and oxygen atoms in total. The summed E-state index contributed by atoms with van der Waals surface area (Å²) in [5.74, 6) is 0.227. The van der Waals surface area contributed by atoms with Crippen LogP contribution in [0, 0.1) is 18.3 Å². The lowest BCUT2D eigenvalue weighted by Crippen LogP contribution is -2.23. The van der Waals surface area contributed by atoms with Gasteiger partial charge in [0.25, 0.3) is 5.91 Å². The van der Waals surface area contributed by atoms with Crippen molar-refractivity contribution in [2.75, 3.05) is 4.90 Å². The lowest BCUT2D eigenvalue weighted by atomic mass is 10.0. The second kappa shape index (κ2) is 8.07. The highest BCUT2D eigenvalue weighted by Crippen LogP contribution is 2.29. The molecule has 1 aromatic heterocycles. The van der Waals surface area contributed by atoms with Gasteiger partial charge in [0.05, 0.1) is 12.8 Å². The second-order valence-corrected chi connectivity index (χ2v) is 7.10. The molecule has 5 heteroatoms. The molecule has 1 amide bonds. The molecule has 144 valence electrons. The van der Waals surface area contributed by atoms with Gasteiger partial charge in [0, 0.05) is 18.8 Å². The van der Waals surface area contributed by atoms with Crippen LogP contribution in [0.4, 0.5) is 5.69 Å². The zero-order chi connectivity index (χ0) is 20.2. The molecule has 0 atom stereocenters. The van der Waals surface area contributed by atoms with Gasteiger partial charge in [-0.05, 0) is 59.5 Å². The minimum absolute atomic E-state index is 0.0704. The molecule has 1 aliphatic rings. The summed E-state index contributed by atoms with van der Waals surface area (Å²) in [7, 11) is 0. The van der Waals surface area contributed by atoms with Crippen LogP contribution < -0.4 is 10.2 Å². The number of amides is 1. The first-order chi connectivity index (χ1) is 14.1. The summed E-state index contributed by atoms with van der Waals surface area (Å²) in [4.78, 5) is 14.7. The van der Waals surface area contributed by atoms with Gasteiger partial charge in [-0.1, -0.05) is 30.3 Å². The van der Waals surface area contributed by atoms with E-state index in [1.165, 1.54) is 11.1 Å². The van der Waals surface area contributed by atoms with Crippen LogP contribution in [0.2, 0.25) is 0 Å². The number of furan rings is 1. The predicted molar refractivity (Wildman–Crippen MR) is 112 cm³/mol. The molecule has 0 unspecified atom stereocenters. The lowest BCUT2D eigenvalue weighted by molar-refractivity contribution is -0.117. The maximum atomic E-state index is 12.3. The smallest absolute Gasteiger partial charge is 0.262 e. The first-order valence-electron chi connectivity index (χ1n) is 9.49.